The van der Waals surface area contributed by atoms with Gasteiger partial charge in [-0.25, -0.2) is 13.8 Å². The van der Waals surface area contributed by atoms with Crippen molar-refractivity contribution in [2.75, 3.05) is 31.7 Å². The Morgan fingerprint density at radius 3 is 2.86 bits per heavy atom. The minimum Gasteiger partial charge on any atom is -0.323 e. The molecule has 1 N–H and O–H groups in total. The summed E-state index contributed by atoms with van der Waals surface area (Å²) < 4.78 is 29.0. The summed E-state index contributed by atoms with van der Waals surface area (Å²) >= 11 is 2.40. The van der Waals surface area contributed by atoms with Gasteiger partial charge < -0.3 is 10.2 Å². The van der Waals surface area contributed by atoms with Crippen LogP contribution in [0.2, 0.25) is 0 Å². The number of likely N-dealkylation sites (N-methyl/N-ethyl adjacent to an activating group) is 1. The summed E-state index contributed by atoms with van der Waals surface area (Å²) in [6, 6.07) is 4.59. The van der Waals surface area contributed by atoms with E-state index in [-0.39, 0.29) is 17.0 Å². The molecule has 0 aliphatic rings. The Morgan fingerprint density at radius 2 is 2.11 bits per heavy atom. The van der Waals surface area contributed by atoms with Crippen molar-refractivity contribution in [1.82, 2.24) is 14.5 Å². The summed E-state index contributed by atoms with van der Waals surface area (Å²) in [6.07, 6.45) is 0. The van der Waals surface area contributed by atoms with E-state index in [9.17, 15) is 18.4 Å². The van der Waals surface area contributed by atoms with Gasteiger partial charge in [0.1, 0.15) is 16.3 Å². The molecule has 148 valence electrons. The molecule has 0 bridgehead atoms. The lowest BCUT2D eigenvalue weighted by Crippen LogP contribution is -2.28. The Morgan fingerprint density at radius 1 is 1.32 bits per heavy atom. The fourth-order valence-corrected chi connectivity index (χ4v) is 4.04. The maximum absolute atomic E-state index is 13.7. The van der Waals surface area contributed by atoms with Crippen LogP contribution in [-0.4, -0.2) is 46.8 Å². The van der Waals surface area contributed by atoms with Crippen LogP contribution in [0.3, 0.4) is 0 Å². The van der Waals surface area contributed by atoms with Gasteiger partial charge in [-0.05, 0) is 37.7 Å². The predicted octanol–water partition coefficient (Wildman–Crippen LogP) is 3.03. The Balaban J connectivity index is 1.79. The molecule has 6 nitrogen and oxygen atoms in total. The number of aromatic nitrogens is 2. The topological polar surface area (TPSA) is 67.2 Å². The van der Waals surface area contributed by atoms with Crippen molar-refractivity contribution in [2.24, 2.45) is 0 Å². The highest BCUT2D eigenvalue weighted by Gasteiger charge is 2.15. The summed E-state index contributed by atoms with van der Waals surface area (Å²) in [5.41, 5.74) is 0.202. The predicted molar refractivity (Wildman–Crippen MR) is 108 cm³/mol. The molecule has 28 heavy (non-hydrogen) atoms. The number of anilines is 1. The molecule has 10 heteroatoms. The number of rotatable bonds is 7. The minimum atomic E-state index is -0.722. The Hall–Kier alpha value is -2.30. The highest BCUT2D eigenvalue weighted by Crippen LogP contribution is 2.22. The standard InChI is InChI=1S/C18H18F2N4O2S2/c1-23(2)6-7-24-17(26)16-13(5-8-27-16)22-18(24)28-10-15(25)21-14-9-11(19)3-4-12(14)20/h3-5,8-9H,6-7,10H2,1-2H3,(H,21,25). The number of benzene rings is 1. The lowest BCUT2D eigenvalue weighted by Gasteiger charge is -2.15. The number of hydrogen-bond acceptors (Lipinski definition) is 6. The third-order valence-corrected chi connectivity index (χ3v) is 5.70. The highest BCUT2D eigenvalue weighted by atomic mass is 32.2. The number of nitrogens with zero attached hydrogens (tertiary/aromatic N) is 3. The summed E-state index contributed by atoms with van der Waals surface area (Å²) in [5, 5.41) is 4.55. The fraction of sp³-hybridized carbons (Fsp3) is 0.278. The normalized spacial score (nSPS) is 11.3. The fourth-order valence-electron chi connectivity index (χ4n) is 2.44. The molecule has 0 atom stereocenters. The minimum absolute atomic E-state index is 0.0972. The van der Waals surface area contributed by atoms with Crippen molar-refractivity contribution in [3.63, 3.8) is 0 Å². The molecule has 3 rings (SSSR count). The van der Waals surface area contributed by atoms with E-state index < -0.39 is 17.5 Å². The summed E-state index contributed by atoms with van der Waals surface area (Å²) in [7, 11) is 3.80. The highest BCUT2D eigenvalue weighted by molar-refractivity contribution is 7.99. The van der Waals surface area contributed by atoms with Gasteiger partial charge in [0, 0.05) is 19.2 Å². The second-order valence-electron chi connectivity index (χ2n) is 6.25. The van der Waals surface area contributed by atoms with E-state index in [0.717, 1.165) is 30.0 Å². The molecule has 0 aliphatic carbocycles. The van der Waals surface area contributed by atoms with Gasteiger partial charge in [0.25, 0.3) is 5.56 Å². The first kappa shape index (κ1) is 20.4. The number of nitrogens with one attached hydrogen (secondary N) is 1. The van der Waals surface area contributed by atoms with Crippen LogP contribution in [-0.2, 0) is 11.3 Å². The van der Waals surface area contributed by atoms with Crippen molar-refractivity contribution < 1.29 is 13.6 Å². The number of halogens is 2. The van der Waals surface area contributed by atoms with Crippen LogP contribution in [0.1, 0.15) is 0 Å². The molecule has 0 fully saturated rings. The zero-order valence-corrected chi connectivity index (χ0v) is 16.9. The van der Waals surface area contributed by atoms with Crippen LogP contribution in [0.15, 0.2) is 39.6 Å². The third-order valence-electron chi connectivity index (χ3n) is 3.84. The van der Waals surface area contributed by atoms with Gasteiger partial charge in [0.05, 0.1) is 17.0 Å². The molecule has 1 amide bonds. The van der Waals surface area contributed by atoms with Gasteiger partial charge >= 0.3 is 0 Å². The van der Waals surface area contributed by atoms with Crippen LogP contribution >= 0.6 is 23.1 Å². The van der Waals surface area contributed by atoms with E-state index in [1.165, 1.54) is 11.3 Å². The van der Waals surface area contributed by atoms with E-state index >= 15 is 0 Å². The van der Waals surface area contributed by atoms with E-state index in [0.29, 0.717) is 28.5 Å². The van der Waals surface area contributed by atoms with Gasteiger partial charge in [0.2, 0.25) is 5.91 Å². The first-order chi connectivity index (χ1) is 13.3. The first-order valence-corrected chi connectivity index (χ1v) is 10.2. The average Bonchev–Trinajstić information content (AvgIpc) is 3.11. The Kier molecular flexibility index (Phi) is 6.42. The van der Waals surface area contributed by atoms with Crippen LogP contribution in [0.25, 0.3) is 10.2 Å². The average molecular weight is 424 g/mol. The van der Waals surface area contributed by atoms with Crippen molar-refractivity contribution >= 4 is 44.9 Å². The third kappa shape index (κ3) is 4.75. The SMILES string of the molecule is CN(C)CCn1c(SCC(=O)Nc2cc(F)ccc2F)nc2ccsc2c1=O. The summed E-state index contributed by atoms with van der Waals surface area (Å²) in [4.78, 5) is 31.4. The molecule has 2 heterocycles. The van der Waals surface area contributed by atoms with Crippen LogP contribution in [0.4, 0.5) is 14.5 Å². The molecule has 0 saturated carbocycles. The molecule has 0 aliphatic heterocycles. The van der Waals surface area contributed by atoms with Crippen molar-refractivity contribution in [2.45, 2.75) is 11.7 Å². The zero-order valence-electron chi connectivity index (χ0n) is 15.2. The molecule has 0 unspecified atom stereocenters. The van der Waals surface area contributed by atoms with Gasteiger partial charge in [-0.15, -0.1) is 11.3 Å². The van der Waals surface area contributed by atoms with E-state index in [1.807, 2.05) is 19.0 Å². The first-order valence-electron chi connectivity index (χ1n) is 8.35. The molecule has 1 aromatic carbocycles. The van der Waals surface area contributed by atoms with Gasteiger partial charge in [-0.2, -0.15) is 0 Å². The van der Waals surface area contributed by atoms with Gasteiger partial charge in [0.15, 0.2) is 5.16 Å². The molecule has 2 aromatic heterocycles. The van der Waals surface area contributed by atoms with E-state index in [4.69, 9.17) is 0 Å². The second kappa shape index (κ2) is 8.80. The Bertz CT molecular complexity index is 1070. The summed E-state index contributed by atoms with van der Waals surface area (Å²) in [5.74, 6) is -1.99. The number of carbonyl (C=O) groups excluding carboxylic acids is 1. The monoisotopic (exact) mass is 424 g/mol. The van der Waals surface area contributed by atoms with Crippen molar-refractivity contribution in [3.8, 4) is 0 Å². The van der Waals surface area contributed by atoms with Crippen LogP contribution in [0.5, 0.6) is 0 Å². The van der Waals surface area contributed by atoms with E-state index in [1.54, 1.807) is 16.0 Å². The number of fused-ring (bicyclic) bond motifs is 1. The number of hydrogen-bond donors (Lipinski definition) is 1. The largest absolute Gasteiger partial charge is 0.323 e. The smallest absolute Gasteiger partial charge is 0.272 e. The summed E-state index contributed by atoms with van der Waals surface area (Å²) in [6.45, 7) is 1.06. The molecule has 0 radical (unpaired) electrons. The van der Waals surface area contributed by atoms with E-state index in [2.05, 4.69) is 10.3 Å². The second-order valence-corrected chi connectivity index (χ2v) is 8.11. The molecular formula is C18H18F2N4O2S2. The number of carbonyl (C=O) groups is 1. The van der Waals surface area contributed by atoms with Crippen molar-refractivity contribution in [3.05, 3.63) is 51.6 Å². The van der Waals surface area contributed by atoms with Crippen LogP contribution in [0, 0.1) is 11.6 Å². The lowest BCUT2D eigenvalue weighted by molar-refractivity contribution is -0.113. The zero-order chi connectivity index (χ0) is 20.3. The Labute approximate surface area is 168 Å². The number of amides is 1. The van der Waals surface area contributed by atoms with Gasteiger partial charge in [-0.1, -0.05) is 11.8 Å². The number of thiophene rings is 1. The number of thioether (sulfide) groups is 1. The van der Waals surface area contributed by atoms with Gasteiger partial charge in [-0.3, -0.25) is 14.2 Å². The quantitative estimate of drug-likeness (QED) is 0.467. The van der Waals surface area contributed by atoms with Crippen molar-refractivity contribution in [1.29, 1.82) is 0 Å². The maximum Gasteiger partial charge on any atom is 0.272 e. The molecule has 0 saturated heterocycles. The molecule has 3 aromatic rings. The van der Waals surface area contributed by atoms with Crippen LogP contribution < -0.4 is 10.9 Å². The molecular weight excluding hydrogens is 406 g/mol. The maximum atomic E-state index is 13.7. The molecule has 0 spiro atoms. The lowest BCUT2D eigenvalue weighted by atomic mass is 10.3.